The van der Waals surface area contributed by atoms with Gasteiger partial charge in [-0.3, -0.25) is 9.48 Å². The zero-order valence-electron chi connectivity index (χ0n) is 12.3. The fraction of sp³-hybridized carbons (Fsp3) is 0.312. The van der Waals surface area contributed by atoms with Gasteiger partial charge in [-0.05, 0) is 31.0 Å². The molecule has 0 saturated carbocycles. The van der Waals surface area contributed by atoms with Crippen LogP contribution < -0.4 is 0 Å². The summed E-state index contributed by atoms with van der Waals surface area (Å²) in [6, 6.07) is 8.14. The van der Waals surface area contributed by atoms with Crippen LogP contribution >= 0.6 is 11.3 Å². The Labute approximate surface area is 132 Å². The fourth-order valence-electron chi connectivity index (χ4n) is 2.87. The van der Waals surface area contributed by atoms with Gasteiger partial charge < -0.3 is 4.90 Å². The highest BCUT2D eigenvalue weighted by Gasteiger charge is 2.29. The molecule has 0 aliphatic carbocycles. The van der Waals surface area contributed by atoms with E-state index in [1.807, 2.05) is 53.2 Å². The molecule has 1 aliphatic rings. The van der Waals surface area contributed by atoms with E-state index in [4.69, 9.17) is 0 Å². The highest BCUT2D eigenvalue weighted by Crippen LogP contribution is 2.26. The molecular weight excluding hydrogens is 296 g/mol. The zero-order valence-corrected chi connectivity index (χ0v) is 13.1. The molecule has 1 amide bonds. The van der Waals surface area contributed by atoms with Gasteiger partial charge in [0, 0.05) is 19.3 Å². The predicted molar refractivity (Wildman–Crippen MR) is 86.1 cm³/mol. The van der Waals surface area contributed by atoms with Gasteiger partial charge in [0.2, 0.25) is 0 Å². The van der Waals surface area contributed by atoms with Gasteiger partial charge in [-0.25, -0.2) is 4.98 Å². The maximum absolute atomic E-state index is 12.6. The van der Waals surface area contributed by atoms with Crippen molar-refractivity contribution in [3.8, 4) is 0 Å². The first-order valence-electron chi connectivity index (χ1n) is 7.36. The molecule has 6 heteroatoms. The molecule has 1 saturated heterocycles. The van der Waals surface area contributed by atoms with Crippen LogP contribution in [0.3, 0.4) is 0 Å². The van der Waals surface area contributed by atoms with Crippen LogP contribution in [0.4, 0.5) is 0 Å². The van der Waals surface area contributed by atoms with Crippen LogP contribution in [0.5, 0.6) is 0 Å². The molecule has 0 bridgehead atoms. The molecule has 5 nitrogen and oxygen atoms in total. The Bertz CT molecular complexity index is 804. The molecule has 0 radical (unpaired) electrons. The van der Waals surface area contributed by atoms with E-state index in [1.165, 1.54) is 11.3 Å². The molecule has 1 unspecified atom stereocenters. The molecule has 112 valence electrons. The molecule has 1 atom stereocenters. The standard InChI is InChI=1S/C16H16N4OS/c1-11-8-17-20(9-11)12-6-7-19(10-12)16(21)15-18-13-4-2-3-5-14(13)22-15/h2-5,8-9,12H,6-7,10H2,1H3. The number of thiazole rings is 1. The molecule has 3 aromatic rings. The number of para-hydroxylation sites is 1. The number of nitrogens with zero attached hydrogens (tertiary/aromatic N) is 4. The quantitative estimate of drug-likeness (QED) is 0.731. The third kappa shape index (κ3) is 2.29. The van der Waals surface area contributed by atoms with Crippen LogP contribution in [0.2, 0.25) is 0 Å². The van der Waals surface area contributed by atoms with Crippen molar-refractivity contribution in [2.24, 2.45) is 0 Å². The normalized spacial score (nSPS) is 18.2. The second-order valence-corrected chi connectivity index (χ2v) is 6.71. The van der Waals surface area contributed by atoms with E-state index >= 15 is 0 Å². The summed E-state index contributed by atoms with van der Waals surface area (Å²) in [6.45, 7) is 3.50. The monoisotopic (exact) mass is 312 g/mol. The average molecular weight is 312 g/mol. The molecule has 0 spiro atoms. The number of fused-ring (bicyclic) bond motifs is 1. The lowest BCUT2D eigenvalue weighted by atomic mass is 10.3. The second-order valence-electron chi connectivity index (χ2n) is 5.68. The minimum atomic E-state index is 0.0348. The third-order valence-corrected chi connectivity index (χ3v) is 5.06. The van der Waals surface area contributed by atoms with Gasteiger partial charge in [-0.2, -0.15) is 5.10 Å². The molecule has 1 aliphatic heterocycles. The van der Waals surface area contributed by atoms with Crippen molar-refractivity contribution in [1.82, 2.24) is 19.7 Å². The highest BCUT2D eigenvalue weighted by molar-refractivity contribution is 7.20. The van der Waals surface area contributed by atoms with E-state index in [0.717, 1.165) is 28.7 Å². The van der Waals surface area contributed by atoms with Gasteiger partial charge in [-0.1, -0.05) is 12.1 Å². The number of carbonyl (C=O) groups excluding carboxylic acids is 1. The van der Waals surface area contributed by atoms with Gasteiger partial charge in [-0.15, -0.1) is 11.3 Å². The van der Waals surface area contributed by atoms with E-state index in [2.05, 4.69) is 10.1 Å². The zero-order chi connectivity index (χ0) is 15.1. The maximum Gasteiger partial charge on any atom is 0.282 e. The van der Waals surface area contributed by atoms with Gasteiger partial charge in [0.15, 0.2) is 5.01 Å². The van der Waals surface area contributed by atoms with Crippen LogP contribution in [0, 0.1) is 6.92 Å². The molecule has 0 N–H and O–H groups in total. The largest absolute Gasteiger partial charge is 0.334 e. The molecule has 2 aromatic heterocycles. The number of likely N-dealkylation sites (tertiary alicyclic amines) is 1. The Hall–Kier alpha value is -2.21. The van der Waals surface area contributed by atoms with Gasteiger partial charge in [0.1, 0.15) is 0 Å². The summed E-state index contributed by atoms with van der Waals surface area (Å²) in [5.41, 5.74) is 2.05. The molecule has 4 rings (SSSR count). The second kappa shape index (κ2) is 5.21. The van der Waals surface area contributed by atoms with Gasteiger partial charge >= 0.3 is 0 Å². The molecular formula is C16H16N4OS. The summed E-state index contributed by atoms with van der Waals surface area (Å²) in [6.07, 6.45) is 4.84. The summed E-state index contributed by atoms with van der Waals surface area (Å²) in [4.78, 5) is 19.0. The summed E-state index contributed by atoms with van der Waals surface area (Å²) in [5, 5.41) is 4.95. The van der Waals surface area contributed by atoms with Crippen molar-refractivity contribution in [3.63, 3.8) is 0 Å². The number of aromatic nitrogens is 3. The Morgan fingerprint density at radius 1 is 1.36 bits per heavy atom. The lowest BCUT2D eigenvalue weighted by molar-refractivity contribution is 0.0787. The first kappa shape index (κ1) is 13.5. The maximum atomic E-state index is 12.6. The number of hydrogen-bond acceptors (Lipinski definition) is 4. The van der Waals surface area contributed by atoms with Crippen LogP contribution in [0.15, 0.2) is 36.7 Å². The number of rotatable bonds is 2. The lowest BCUT2D eigenvalue weighted by Crippen LogP contribution is -2.29. The number of carbonyl (C=O) groups is 1. The SMILES string of the molecule is Cc1cnn(C2CCN(C(=O)c3nc4ccccc4s3)C2)c1. The molecule has 1 fully saturated rings. The van der Waals surface area contributed by atoms with Crippen LogP contribution in [0.25, 0.3) is 10.2 Å². The van der Waals surface area contributed by atoms with Crippen molar-refractivity contribution >= 4 is 27.5 Å². The first-order valence-corrected chi connectivity index (χ1v) is 8.18. The number of aryl methyl sites for hydroxylation is 1. The smallest absolute Gasteiger partial charge is 0.282 e. The Balaban J connectivity index is 1.53. The first-order chi connectivity index (χ1) is 10.7. The van der Waals surface area contributed by atoms with Gasteiger partial charge in [0.25, 0.3) is 5.91 Å². The van der Waals surface area contributed by atoms with Crippen LogP contribution in [-0.2, 0) is 0 Å². The van der Waals surface area contributed by atoms with E-state index in [1.54, 1.807) is 0 Å². The van der Waals surface area contributed by atoms with Crippen LogP contribution in [0.1, 0.15) is 27.8 Å². The lowest BCUT2D eigenvalue weighted by Gasteiger charge is -2.15. The topological polar surface area (TPSA) is 51.0 Å². The predicted octanol–water partition coefficient (Wildman–Crippen LogP) is 2.89. The third-order valence-electron chi connectivity index (χ3n) is 4.03. The van der Waals surface area contributed by atoms with E-state index < -0.39 is 0 Å². The number of benzene rings is 1. The summed E-state index contributed by atoms with van der Waals surface area (Å²) in [7, 11) is 0. The van der Waals surface area contributed by atoms with Crippen molar-refractivity contribution < 1.29 is 4.79 Å². The Morgan fingerprint density at radius 3 is 3.00 bits per heavy atom. The van der Waals surface area contributed by atoms with Crippen molar-refractivity contribution in [3.05, 3.63) is 47.2 Å². The molecule has 22 heavy (non-hydrogen) atoms. The minimum absolute atomic E-state index is 0.0348. The Kier molecular flexibility index (Phi) is 3.18. The van der Waals surface area contributed by atoms with Crippen molar-refractivity contribution in [2.45, 2.75) is 19.4 Å². The minimum Gasteiger partial charge on any atom is -0.334 e. The molecule has 1 aromatic carbocycles. The summed E-state index contributed by atoms with van der Waals surface area (Å²) >= 11 is 1.47. The van der Waals surface area contributed by atoms with Gasteiger partial charge in [0.05, 0.1) is 22.5 Å². The van der Waals surface area contributed by atoms with Crippen LogP contribution in [-0.4, -0.2) is 38.7 Å². The van der Waals surface area contributed by atoms with E-state index in [-0.39, 0.29) is 11.9 Å². The summed E-state index contributed by atoms with van der Waals surface area (Å²) < 4.78 is 3.03. The number of amides is 1. The van der Waals surface area contributed by atoms with E-state index in [9.17, 15) is 4.79 Å². The average Bonchev–Trinajstić information content (AvgIpc) is 3.24. The highest BCUT2D eigenvalue weighted by atomic mass is 32.1. The van der Waals surface area contributed by atoms with Crippen molar-refractivity contribution in [2.75, 3.05) is 13.1 Å². The van der Waals surface area contributed by atoms with Crippen molar-refractivity contribution in [1.29, 1.82) is 0 Å². The fourth-order valence-corrected chi connectivity index (χ4v) is 3.81. The number of hydrogen-bond donors (Lipinski definition) is 0. The Morgan fingerprint density at radius 2 is 2.23 bits per heavy atom. The summed E-state index contributed by atoms with van der Waals surface area (Å²) in [5.74, 6) is 0.0348. The molecule has 3 heterocycles. The van der Waals surface area contributed by atoms with E-state index in [0.29, 0.717) is 11.6 Å².